The van der Waals surface area contributed by atoms with Gasteiger partial charge in [0.1, 0.15) is 6.29 Å². The average Bonchev–Trinajstić information content (AvgIpc) is 1.98. The number of carbonyl (C=O) groups excluding carboxylic acids is 1. The largest absolute Gasteiger partial charge is 0.299 e. The Kier molecular flexibility index (Phi) is 6.73. The van der Waals surface area contributed by atoms with Crippen LogP contribution in [0.5, 0.6) is 0 Å². The fourth-order valence-electron chi connectivity index (χ4n) is 1.16. The minimum Gasteiger partial charge on any atom is -0.299 e. The van der Waals surface area contributed by atoms with E-state index in [4.69, 9.17) is 0 Å². The summed E-state index contributed by atoms with van der Waals surface area (Å²) >= 11 is 0. The van der Waals surface area contributed by atoms with Crippen LogP contribution < -0.4 is 0 Å². The van der Waals surface area contributed by atoms with E-state index in [2.05, 4.69) is 13.8 Å². The molecule has 0 unspecified atom stereocenters. The van der Waals surface area contributed by atoms with Crippen LogP contribution >= 0.6 is 0 Å². The number of rotatable bonds is 6. The molecule has 0 heterocycles. The molecule has 70 valence electrons. The highest BCUT2D eigenvalue weighted by Crippen LogP contribution is 2.11. The zero-order valence-electron chi connectivity index (χ0n) is 8.47. The van der Waals surface area contributed by atoms with Crippen molar-refractivity contribution < 1.29 is 4.79 Å². The van der Waals surface area contributed by atoms with Gasteiger partial charge in [0, 0.05) is 0 Å². The monoisotopic (exact) mass is 168 g/mol. The lowest BCUT2D eigenvalue weighted by atomic mass is 10.0. The molecule has 0 amide bonds. The molecule has 0 aromatic carbocycles. The van der Waals surface area contributed by atoms with Gasteiger partial charge >= 0.3 is 0 Å². The summed E-state index contributed by atoms with van der Waals surface area (Å²) in [5.74, 6) is 0.806. The maximum Gasteiger partial charge on any atom is 0.142 e. The molecule has 1 heteroatoms. The number of aldehydes is 1. The van der Waals surface area contributed by atoms with Crippen molar-refractivity contribution in [2.24, 2.45) is 5.92 Å². The van der Waals surface area contributed by atoms with Crippen LogP contribution in [0.3, 0.4) is 0 Å². The molecule has 0 aliphatic rings. The molecule has 0 aromatic heterocycles. The Hall–Kier alpha value is -0.590. The summed E-state index contributed by atoms with van der Waals surface area (Å²) in [6.07, 6.45) is 7.41. The van der Waals surface area contributed by atoms with Gasteiger partial charge in [-0.2, -0.15) is 0 Å². The Morgan fingerprint density at radius 3 is 2.50 bits per heavy atom. The lowest BCUT2D eigenvalue weighted by Gasteiger charge is -2.03. The predicted octanol–water partition coefficient (Wildman–Crippen LogP) is 3.35. The van der Waals surface area contributed by atoms with Crippen molar-refractivity contribution in [1.82, 2.24) is 0 Å². The normalized spacial score (nSPS) is 12.2. The van der Waals surface area contributed by atoms with Crippen LogP contribution in [0, 0.1) is 5.92 Å². The van der Waals surface area contributed by atoms with E-state index in [0.717, 1.165) is 18.6 Å². The van der Waals surface area contributed by atoms with E-state index in [1.165, 1.54) is 24.8 Å². The van der Waals surface area contributed by atoms with Gasteiger partial charge in [-0.05, 0) is 31.8 Å². The highest BCUT2D eigenvalue weighted by molar-refractivity contribution is 5.65. The van der Waals surface area contributed by atoms with Gasteiger partial charge < -0.3 is 0 Å². The summed E-state index contributed by atoms with van der Waals surface area (Å²) < 4.78 is 0. The Morgan fingerprint density at radius 2 is 2.00 bits per heavy atom. The molecular weight excluding hydrogens is 148 g/mol. The molecule has 0 atom stereocenters. The van der Waals surface area contributed by atoms with Gasteiger partial charge in [-0.3, -0.25) is 4.79 Å². The van der Waals surface area contributed by atoms with Crippen molar-refractivity contribution in [3.05, 3.63) is 11.6 Å². The first kappa shape index (κ1) is 11.4. The number of hydrogen-bond donors (Lipinski definition) is 0. The topological polar surface area (TPSA) is 17.1 Å². The number of carbonyl (C=O) groups is 1. The second-order valence-corrected chi connectivity index (χ2v) is 3.79. The van der Waals surface area contributed by atoms with Crippen LogP contribution in [0.2, 0.25) is 0 Å². The fraction of sp³-hybridized carbons (Fsp3) is 0.727. The maximum atomic E-state index is 10.1. The van der Waals surface area contributed by atoms with Gasteiger partial charge in [-0.1, -0.05) is 32.3 Å². The second-order valence-electron chi connectivity index (χ2n) is 3.79. The second kappa shape index (κ2) is 7.08. The van der Waals surface area contributed by atoms with Crippen LogP contribution in [-0.2, 0) is 4.79 Å². The molecule has 0 aliphatic heterocycles. The summed E-state index contributed by atoms with van der Waals surface area (Å²) in [4.78, 5) is 10.1. The van der Waals surface area contributed by atoms with Gasteiger partial charge in [-0.15, -0.1) is 0 Å². The third-order valence-corrected chi connectivity index (χ3v) is 1.96. The number of hydrogen-bond acceptors (Lipinski definition) is 1. The number of unbranched alkanes of at least 4 members (excludes halogenated alkanes) is 1. The SMILES string of the molecule is C/C(=C\C=O)CCCCC(C)C. The third-order valence-electron chi connectivity index (χ3n) is 1.96. The van der Waals surface area contributed by atoms with Crippen LogP contribution in [0.15, 0.2) is 11.6 Å². The lowest BCUT2D eigenvalue weighted by molar-refractivity contribution is -0.104. The summed E-state index contributed by atoms with van der Waals surface area (Å²) in [5, 5.41) is 0. The third kappa shape index (κ3) is 7.52. The molecule has 0 rings (SSSR count). The summed E-state index contributed by atoms with van der Waals surface area (Å²) in [6, 6.07) is 0. The quantitative estimate of drug-likeness (QED) is 0.338. The molecule has 12 heavy (non-hydrogen) atoms. The van der Waals surface area contributed by atoms with Crippen LogP contribution in [0.25, 0.3) is 0 Å². The average molecular weight is 168 g/mol. The molecule has 0 N–H and O–H groups in total. The first-order valence-corrected chi connectivity index (χ1v) is 4.77. The molecule has 1 nitrogen and oxygen atoms in total. The van der Waals surface area contributed by atoms with Gasteiger partial charge in [0.2, 0.25) is 0 Å². The standard InChI is InChI=1S/C11H20O/c1-10(2)6-4-5-7-11(3)8-9-12/h8-10H,4-7H2,1-3H3/b11-8+. The van der Waals surface area contributed by atoms with E-state index < -0.39 is 0 Å². The van der Waals surface area contributed by atoms with Crippen molar-refractivity contribution in [2.75, 3.05) is 0 Å². The van der Waals surface area contributed by atoms with Gasteiger partial charge in [0.25, 0.3) is 0 Å². The zero-order chi connectivity index (χ0) is 9.40. The minimum absolute atomic E-state index is 0.806. The van der Waals surface area contributed by atoms with Crippen molar-refractivity contribution >= 4 is 6.29 Å². The molecule has 0 bridgehead atoms. The summed E-state index contributed by atoms with van der Waals surface area (Å²) in [7, 11) is 0. The molecule has 0 saturated carbocycles. The first-order valence-electron chi connectivity index (χ1n) is 4.77. The Bertz CT molecular complexity index is 145. The van der Waals surface area contributed by atoms with Crippen LogP contribution in [0.1, 0.15) is 46.5 Å². The predicted molar refractivity (Wildman–Crippen MR) is 53.1 cm³/mol. The van der Waals surface area contributed by atoms with E-state index in [1.807, 2.05) is 6.92 Å². The van der Waals surface area contributed by atoms with Gasteiger partial charge in [-0.25, -0.2) is 0 Å². The van der Waals surface area contributed by atoms with Gasteiger partial charge in [0.05, 0.1) is 0 Å². The van der Waals surface area contributed by atoms with Crippen molar-refractivity contribution in [3.8, 4) is 0 Å². The molecule has 0 aromatic rings. The summed E-state index contributed by atoms with van der Waals surface area (Å²) in [6.45, 7) is 6.51. The molecule has 0 radical (unpaired) electrons. The van der Waals surface area contributed by atoms with E-state index in [0.29, 0.717) is 0 Å². The van der Waals surface area contributed by atoms with Crippen molar-refractivity contribution in [3.63, 3.8) is 0 Å². The highest BCUT2D eigenvalue weighted by atomic mass is 16.1. The molecule has 0 fully saturated rings. The van der Waals surface area contributed by atoms with E-state index >= 15 is 0 Å². The van der Waals surface area contributed by atoms with Crippen molar-refractivity contribution in [2.45, 2.75) is 46.5 Å². The highest BCUT2D eigenvalue weighted by Gasteiger charge is 1.94. The number of allylic oxidation sites excluding steroid dienone is 2. The van der Waals surface area contributed by atoms with E-state index in [-0.39, 0.29) is 0 Å². The summed E-state index contributed by atoms with van der Waals surface area (Å²) in [5.41, 5.74) is 1.20. The van der Waals surface area contributed by atoms with Crippen molar-refractivity contribution in [1.29, 1.82) is 0 Å². The molecular formula is C11H20O. The molecule has 0 aliphatic carbocycles. The smallest absolute Gasteiger partial charge is 0.142 e. The zero-order valence-corrected chi connectivity index (χ0v) is 8.47. The molecule has 0 spiro atoms. The van der Waals surface area contributed by atoms with Crippen LogP contribution in [-0.4, -0.2) is 6.29 Å². The van der Waals surface area contributed by atoms with E-state index in [1.54, 1.807) is 6.08 Å². The van der Waals surface area contributed by atoms with Gasteiger partial charge in [0.15, 0.2) is 0 Å². The maximum absolute atomic E-state index is 10.1. The van der Waals surface area contributed by atoms with Crippen LogP contribution in [0.4, 0.5) is 0 Å². The first-order chi connectivity index (χ1) is 5.66. The Labute approximate surface area is 75.9 Å². The fourth-order valence-corrected chi connectivity index (χ4v) is 1.16. The lowest BCUT2D eigenvalue weighted by Crippen LogP contribution is -1.87. The Morgan fingerprint density at radius 1 is 1.33 bits per heavy atom. The minimum atomic E-state index is 0.806. The Balaban J connectivity index is 3.31. The molecule has 0 saturated heterocycles. The van der Waals surface area contributed by atoms with E-state index in [9.17, 15) is 4.79 Å².